The topological polar surface area (TPSA) is 9.72 Å². The Morgan fingerprint density at radius 2 is 1.12 bits per heavy atom. The molecule has 5 heteroatoms. The zero-order valence-corrected chi connectivity index (χ0v) is 28.4. The molecule has 8 aromatic rings. The van der Waals surface area contributed by atoms with E-state index in [4.69, 9.17) is 0 Å². The predicted octanol–water partition coefficient (Wildman–Crippen LogP) is 11.4. The fourth-order valence-corrected chi connectivity index (χ4v) is 9.28. The second kappa shape index (κ2) is 11.5. The molecule has 1 aromatic heterocycles. The largest absolute Gasteiger partial charge is 0.376 e. The summed E-state index contributed by atoms with van der Waals surface area (Å²) in [6.45, 7) is 2.22. The second-order valence-corrected chi connectivity index (χ2v) is 14.1. The highest BCUT2D eigenvalue weighted by Crippen LogP contribution is 2.51. The van der Waals surface area contributed by atoms with Crippen molar-refractivity contribution in [3.8, 4) is 11.1 Å². The maximum atomic E-state index is 2.60. The van der Waals surface area contributed by atoms with Gasteiger partial charge < -0.3 is 14.6 Å². The summed E-state index contributed by atoms with van der Waals surface area (Å²) >= 11 is 1.92. The number of fused-ring (bicyclic) bond motifs is 6. The van der Waals surface area contributed by atoms with Gasteiger partial charge >= 0.3 is 6.85 Å². The minimum atomic E-state index is -0.0139. The Bertz CT molecular complexity index is 2480. The Morgan fingerprint density at radius 3 is 1.80 bits per heavy atom. The molecule has 0 N–H and O–H groups in total. The predicted molar refractivity (Wildman–Crippen MR) is 215 cm³/mol. The summed E-state index contributed by atoms with van der Waals surface area (Å²) in [4.78, 5) is 7.49. The van der Waals surface area contributed by atoms with Crippen molar-refractivity contribution in [2.75, 3.05) is 14.6 Å². The molecule has 0 aliphatic carbocycles. The number of nitrogens with zero attached hydrogens (tertiary/aromatic N) is 3. The molecule has 0 unspecified atom stereocenters. The average molecular weight is 658 g/mol. The first-order valence-electron chi connectivity index (χ1n) is 17.1. The molecule has 0 spiro atoms. The number of para-hydroxylation sites is 4. The fraction of sp³-hybridized carbons (Fsp3) is 0.0222. The van der Waals surface area contributed by atoms with E-state index >= 15 is 0 Å². The molecule has 3 heterocycles. The second-order valence-electron chi connectivity index (χ2n) is 13.0. The quantitative estimate of drug-likeness (QED) is 0.171. The molecular weight excluding hydrogens is 625 g/mol. The SMILES string of the molecule is Cc1cc2c3c(c1)N(c1ccccc1)c1c(sc4ccccc14)B3N(c1ccccc1)c1cc(N(c3ccccc3)c3ccccc3)ccc1-2. The van der Waals surface area contributed by atoms with Gasteiger partial charge in [0.25, 0.3) is 0 Å². The van der Waals surface area contributed by atoms with E-state index in [0.29, 0.717) is 0 Å². The molecule has 50 heavy (non-hydrogen) atoms. The number of rotatable bonds is 5. The highest BCUT2D eigenvalue weighted by Gasteiger charge is 2.47. The van der Waals surface area contributed by atoms with E-state index in [2.05, 4.69) is 197 Å². The first-order valence-corrected chi connectivity index (χ1v) is 18.0. The Hall–Kier alpha value is -6.04. The van der Waals surface area contributed by atoms with Crippen LogP contribution >= 0.6 is 11.3 Å². The van der Waals surface area contributed by atoms with E-state index in [-0.39, 0.29) is 6.85 Å². The van der Waals surface area contributed by atoms with E-state index in [1.807, 2.05) is 11.3 Å². The van der Waals surface area contributed by atoms with E-state index in [1.165, 1.54) is 65.5 Å². The first-order chi connectivity index (χ1) is 24.7. The van der Waals surface area contributed by atoms with Crippen LogP contribution in [-0.4, -0.2) is 6.85 Å². The molecule has 10 rings (SSSR count). The van der Waals surface area contributed by atoms with Gasteiger partial charge in [-0.3, -0.25) is 0 Å². The summed E-state index contributed by atoms with van der Waals surface area (Å²) in [5.41, 5.74) is 14.6. The highest BCUT2D eigenvalue weighted by atomic mass is 32.1. The van der Waals surface area contributed by atoms with Crippen LogP contribution in [0.2, 0.25) is 0 Å². The first kappa shape index (κ1) is 28.9. The molecule has 0 saturated carbocycles. The van der Waals surface area contributed by atoms with E-state index in [0.717, 1.165) is 17.1 Å². The Morgan fingerprint density at radius 1 is 0.520 bits per heavy atom. The molecule has 3 nitrogen and oxygen atoms in total. The van der Waals surface area contributed by atoms with E-state index in [1.54, 1.807) is 0 Å². The van der Waals surface area contributed by atoms with Crippen LogP contribution in [0.5, 0.6) is 0 Å². The van der Waals surface area contributed by atoms with Crippen LogP contribution < -0.4 is 24.9 Å². The average Bonchev–Trinajstić information content (AvgIpc) is 3.56. The summed E-state index contributed by atoms with van der Waals surface area (Å²) in [5, 5.41) is 1.29. The van der Waals surface area contributed by atoms with Gasteiger partial charge in [-0.1, -0.05) is 103 Å². The van der Waals surface area contributed by atoms with Gasteiger partial charge in [-0.05, 0) is 96.3 Å². The highest BCUT2D eigenvalue weighted by molar-refractivity contribution is 7.32. The molecule has 236 valence electrons. The van der Waals surface area contributed by atoms with Crippen molar-refractivity contribution in [3.63, 3.8) is 0 Å². The van der Waals surface area contributed by atoms with Gasteiger partial charge in [-0.25, -0.2) is 0 Å². The number of benzene rings is 7. The molecule has 2 aliphatic heterocycles. The smallest absolute Gasteiger partial charge is 0.343 e. The Labute approximate surface area is 297 Å². The van der Waals surface area contributed by atoms with Crippen LogP contribution in [0, 0.1) is 6.92 Å². The van der Waals surface area contributed by atoms with Crippen LogP contribution in [0.15, 0.2) is 176 Å². The van der Waals surface area contributed by atoms with Gasteiger partial charge in [0.1, 0.15) is 0 Å². The number of hydrogen-bond acceptors (Lipinski definition) is 4. The van der Waals surface area contributed by atoms with Gasteiger partial charge in [-0.2, -0.15) is 0 Å². The van der Waals surface area contributed by atoms with Crippen molar-refractivity contribution in [1.82, 2.24) is 0 Å². The zero-order valence-electron chi connectivity index (χ0n) is 27.6. The lowest BCUT2D eigenvalue weighted by Gasteiger charge is -2.45. The van der Waals surface area contributed by atoms with Crippen molar-refractivity contribution < 1.29 is 0 Å². The van der Waals surface area contributed by atoms with Crippen molar-refractivity contribution in [2.45, 2.75) is 6.92 Å². The summed E-state index contributed by atoms with van der Waals surface area (Å²) in [7, 11) is 0. The Balaban J connectivity index is 1.30. The standard InChI is InChI=1S/C45H32BN3S/c1-31-28-39-37-27-26-36(47(32-16-6-2-7-17-32)33-18-8-3-9-19-33)30-40(37)49(35-22-12-5-13-23-35)46-43(39)41(29-31)48(34-20-10-4-11-21-34)44-38-24-14-15-25-42(38)50-45(44)46/h2-30H,1H3. The summed E-state index contributed by atoms with van der Waals surface area (Å²) in [6.07, 6.45) is 0. The van der Waals surface area contributed by atoms with Crippen LogP contribution in [0.4, 0.5) is 45.5 Å². The third kappa shape index (κ3) is 4.44. The molecule has 7 aromatic carbocycles. The molecule has 0 radical (unpaired) electrons. The van der Waals surface area contributed by atoms with Gasteiger partial charge in [0.05, 0.1) is 5.69 Å². The molecule has 2 aliphatic rings. The summed E-state index contributed by atoms with van der Waals surface area (Å²) < 4.78 is 2.66. The molecular formula is C45H32BN3S. The minimum Gasteiger partial charge on any atom is -0.376 e. The maximum absolute atomic E-state index is 2.60. The van der Waals surface area contributed by atoms with Crippen molar-refractivity contribution in [1.29, 1.82) is 0 Å². The number of thiophene rings is 1. The minimum absolute atomic E-state index is 0.0139. The third-order valence-electron chi connectivity index (χ3n) is 10.0. The molecule has 0 bridgehead atoms. The van der Waals surface area contributed by atoms with Gasteiger partial charge in [0, 0.05) is 60.2 Å². The molecule has 0 fully saturated rings. The molecule has 0 saturated heterocycles. The lowest BCUT2D eigenvalue weighted by atomic mass is 9.46. The van der Waals surface area contributed by atoms with Crippen LogP contribution in [0.1, 0.15) is 5.56 Å². The van der Waals surface area contributed by atoms with Crippen molar-refractivity contribution >= 4 is 84.0 Å². The van der Waals surface area contributed by atoms with Gasteiger partial charge in [0.2, 0.25) is 0 Å². The van der Waals surface area contributed by atoms with E-state index < -0.39 is 0 Å². The van der Waals surface area contributed by atoms with Crippen molar-refractivity contribution in [3.05, 3.63) is 181 Å². The van der Waals surface area contributed by atoms with Crippen LogP contribution in [0.25, 0.3) is 21.2 Å². The lowest BCUT2D eigenvalue weighted by Crippen LogP contribution is -2.60. The number of hydrogen-bond donors (Lipinski definition) is 0. The third-order valence-corrected chi connectivity index (χ3v) is 11.2. The summed E-state index contributed by atoms with van der Waals surface area (Å²) in [5.74, 6) is 0. The summed E-state index contributed by atoms with van der Waals surface area (Å²) in [6, 6.07) is 64.0. The number of aryl methyl sites for hydroxylation is 1. The normalized spacial score (nSPS) is 12.8. The lowest BCUT2D eigenvalue weighted by molar-refractivity contribution is 1.26. The maximum Gasteiger partial charge on any atom is 0.343 e. The van der Waals surface area contributed by atoms with E-state index in [9.17, 15) is 0 Å². The zero-order chi connectivity index (χ0) is 33.2. The van der Waals surface area contributed by atoms with Gasteiger partial charge in [0.15, 0.2) is 0 Å². The van der Waals surface area contributed by atoms with Crippen LogP contribution in [-0.2, 0) is 0 Å². The number of anilines is 8. The van der Waals surface area contributed by atoms with Crippen molar-refractivity contribution in [2.24, 2.45) is 0 Å². The fourth-order valence-electron chi connectivity index (χ4n) is 7.99. The molecule has 0 atom stereocenters. The monoisotopic (exact) mass is 657 g/mol. The Kier molecular flexibility index (Phi) is 6.68. The van der Waals surface area contributed by atoms with Gasteiger partial charge in [-0.15, -0.1) is 11.3 Å². The molecule has 0 amide bonds. The van der Waals surface area contributed by atoms with Crippen LogP contribution in [0.3, 0.4) is 0 Å².